The van der Waals surface area contributed by atoms with Crippen molar-refractivity contribution < 1.29 is 4.74 Å². The van der Waals surface area contributed by atoms with Crippen LogP contribution in [0, 0.1) is 5.92 Å². The largest absolute Gasteiger partial charge is 0.495 e. The van der Waals surface area contributed by atoms with Crippen molar-refractivity contribution in [1.29, 1.82) is 0 Å². The van der Waals surface area contributed by atoms with Crippen LogP contribution in [0.15, 0.2) is 54.6 Å². The number of piperidine rings is 1. The zero-order valence-corrected chi connectivity index (χ0v) is 17.1. The maximum Gasteiger partial charge on any atom is 0.142 e. The quantitative estimate of drug-likeness (QED) is 0.778. The normalized spacial score (nSPS) is 21.4. The van der Waals surface area contributed by atoms with Gasteiger partial charge in [-0.1, -0.05) is 30.3 Å². The molecule has 2 fully saturated rings. The van der Waals surface area contributed by atoms with Gasteiger partial charge in [-0.3, -0.25) is 0 Å². The minimum Gasteiger partial charge on any atom is -0.495 e. The van der Waals surface area contributed by atoms with Crippen molar-refractivity contribution in [2.45, 2.75) is 19.3 Å². The van der Waals surface area contributed by atoms with E-state index in [0.29, 0.717) is 0 Å². The van der Waals surface area contributed by atoms with E-state index in [1.165, 1.54) is 56.8 Å². The Balaban J connectivity index is 1.33. The number of hydrogen-bond acceptors (Lipinski definition) is 4. The highest BCUT2D eigenvalue weighted by molar-refractivity contribution is 5.58. The van der Waals surface area contributed by atoms with Gasteiger partial charge in [0.1, 0.15) is 5.75 Å². The van der Waals surface area contributed by atoms with Crippen molar-refractivity contribution in [2.75, 3.05) is 62.7 Å². The van der Waals surface area contributed by atoms with Gasteiger partial charge in [0.05, 0.1) is 12.8 Å². The molecule has 28 heavy (non-hydrogen) atoms. The zero-order chi connectivity index (χ0) is 19.2. The minimum atomic E-state index is 0.770. The summed E-state index contributed by atoms with van der Waals surface area (Å²) >= 11 is 0. The number of rotatable bonds is 5. The van der Waals surface area contributed by atoms with Crippen LogP contribution in [0.4, 0.5) is 11.4 Å². The highest BCUT2D eigenvalue weighted by Gasteiger charge is 2.24. The van der Waals surface area contributed by atoms with Gasteiger partial charge in [0.25, 0.3) is 0 Å². The first-order valence-electron chi connectivity index (χ1n) is 10.7. The second kappa shape index (κ2) is 9.33. The Hall–Kier alpha value is -2.20. The molecule has 2 aliphatic rings. The summed E-state index contributed by atoms with van der Waals surface area (Å²) < 4.78 is 5.58. The lowest BCUT2D eigenvalue weighted by Gasteiger charge is -2.36. The topological polar surface area (TPSA) is 19.0 Å². The van der Waals surface area contributed by atoms with Crippen LogP contribution in [-0.2, 0) is 0 Å². The van der Waals surface area contributed by atoms with E-state index >= 15 is 0 Å². The van der Waals surface area contributed by atoms with Crippen LogP contribution in [0.5, 0.6) is 5.75 Å². The van der Waals surface area contributed by atoms with Gasteiger partial charge in [0, 0.05) is 45.0 Å². The third kappa shape index (κ3) is 4.61. The lowest BCUT2D eigenvalue weighted by atomic mass is 9.96. The van der Waals surface area contributed by atoms with Gasteiger partial charge in [-0.05, 0) is 56.0 Å². The van der Waals surface area contributed by atoms with Gasteiger partial charge in [0.2, 0.25) is 0 Å². The first-order chi connectivity index (χ1) is 13.8. The van der Waals surface area contributed by atoms with E-state index in [9.17, 15) is 0 Å². The Labute approximate surface area is 169 Å². The van der Waals surface area contributed by atoms with Crippen LogP contribution in [0.2, 0.25) is 0 Å². The highest BCUT2D eigenvalue weighted by atomic mass is 16.5. The van der Waals surface area contributed by atoms with Crippen molar-refractivity contribution in [3.8, 4) is 5.75 Å². The summed E-state index contributed by atoms with van der Waals surface area (Å²) in [7, 11) is 1.77. The summed E-state index contributed by atoms with van der Waals surface area (Å²) in [6.45, 7) is 8.14. The van der Waals surface area contributed by atoms with Gasteiger partial charge in [-0.15, -0.1) is 0 Å². The molecule has 0 aliphatic carbocycles. The predicted molar refractivity (Wildman–Crippen MR) is 118 cm³/mol. The van der Waals surface area contributed by atoms with Crippen LogP contribution in [0.25, 0.3) is 0 Å². The fourth-order valence-electron chi connectivity index (χ4n) is 4.74. The predicted octanol–water partition coefficient (Wildman–Crippen LogP) is 4.12. The second-order valence-corrected chi connectivity index (χ2v) is 8.10. The summed E-state index contributed by atoms with van der Waals surface area (Å²) in [6, 6.07) is 19.3. The van der Waals surface area contributed by atoms with E-state index in [1.807, 2.05) is 6.07 Å². The average Bonchev–Trinajstić information content (AvgIpc) is 3.00. The van der Waals surface area contributed by atoms with Crippen molar-refractivity contribution in [3.63, 3.8) is 0 Å². The minimum absolute atomic E-state index is 0.770. The van der Waals surface area contributed by atoms with Gasteiger partial charge in [-0.2, -0.15) is 0 Å². The molecule has 2 saturated heterocycles. The van der Waals surface area contributed by atoms with Crippen molar-refractivity contribution in [2.24, 2.45) is 5.92 Å². The Morgan fingerprint density at radius 2 is 1.61 bits per heavy atom. The molecule has 2 aromatic rings. The number of anilines is 2. The number of methoxy groups -OCH3 is 1. The molecule has 0 saturated carbocycles. The van der Waals surface area contributed by atoms with Crippen LogP contribution < -0.4 is 14.5 Å². The molecule has 2 heterocycles. The van der Waals surface area contributed by atoms with Gasteiger partial charge in [0.15, 0.2) is 0 Å². The molecule has 4 heteroatoms. The van der Waals surface area contributed by atoms with Crippen molar-refractivity contribution in [1.82, 2.24) is 4.90 Å². The maximum atomic E-state index is 5.58. The molecule has 0 bridgehead atoms. The third-order valence-corrected chi connectivity index (χ3v) is 6.17. The summed E-state index contributed by atoms with van der Waals surface area (Å²) in [5.41, 5.74) is 2.62. The van der Waals surface area contributed by atoms with Gasteiger partial charge < -0.3 is 19.4 Å². The zero-order valence-electron chi connectivity index (χ0n) is 17.1. The first-order valence-corrected chi connectivity index (χ1v) is 10.7. The van der Waals surface area contributed by atoms with Crippen molar-refractivity contribution >= 4 is 11.4 Å². The molecule has 150 valence electrons. The van der Waals surface area contributed by atoms with Crippen LogP contribution >= 0.6 is 0 Å². The standard InChI is InChI=1S/C24H33N3O/c1-28-24-13-6-5-12-23(24)26-16-8-14-25(17-18-26)19-21-9-7-15-27(20-21)22-10-3-2-4-11-22/h2-6,10-13,21H,7-9,14-20H2,1H3. The molecule has 1 atom stereocenters. The summed E-state index contributed by atoms with van der Waals surface area (Å²) in [6.07, 6.45) is 3.88. The van der Waals surface area contributed by atoms with E-state index in [4.69, 9.17) is 4.74 Å². The molecule has 2 aromatic carbocycles. The summed E-state index contributed by atoms with van der Waals surface area (Å²) in [5.74, 6) is 1.76. The Morgan fingerprint density at radius 3 is 2.46 bits per heavy atom. The smallest absolute Gasteiger partial charge is 0.142 e. The monoisotopic (exact) mass is 379 g/mol. The van der Waals surface area contributed by atoms with Gasteiger partial charge in [-0.25, -0.2) is 0 Å². The fourth-order valence-corrected chi connectivity index (χ4v) is 4.74. The molecular formula is C24H33N3O. The number of ether oxygens (including phenoxy) is 1. The van der Waals surface area contributed by atoms with Crippen LogP contribution in [0.3, 0.4) is 0 Å². The Bertz CT molecular complexity index is 736. The average molecular weight is 380 g/mol. The Kier molecular flexibility index (Phi) is 6.38. The molecule has 0 N–H and O–H groups in total. The van der Waals surface area contributed by atoms with E-state index in [-0.39, 0.29) is 0 Å². The lowest BCUT2D eigenvalue weighted by molar-refractivity contribution is 0.228. The van der Waals surface area contributed by atoms with E-state index in [2.05, 4.69) is 63.2 Å². The van der Waals surface area contributed by atoms with E-state index in [1.54, 1.807) is 7.11 Å². The number of benzene rings is 2. The molecule has 2 aliphatic heterocycles. The fraction of sp³-hybridized carbons (Fsp3) is 0.500. The van der Waals surface area contributed by atoms with Gasteiger partial charge >= 0.3 is 0 Å². The number of para-hydroxylation sites is 3. The first kappa shape index (κ1) is 19.1. The second-order valence-electron chi connectivity index (χ2n) is 8.10. The molecule has 0 aromatic heterocycles. The molecule has 1 unspecified atom stereocenters. The lowest BCUT2D eigenvalue weighted by Crippen LogP contribution is -2.42. The maximum absolute atomic E-state index is 5.58. The summed E-state index contributed by atoms with van der Waals surface area (Å²) in [5, 5.41) is 0. The van der Waals surface area contributed by atoms with Crippen molar-refractivity contribution in [3.05, 3.63) is 54.6 Å². The molecule has 0 amide bonds. The highest BCUT2D eigenvalue weighted by Crippen LogP contribution is 2.29. The SMILES string of the molecule is COc1ccccc1N1CCCN(CC2CCCN(c3ccccc3)C2)CC1. The molecular weight excluding hydrogens is 346 g/mol. The molecule has 0 spiro atoms. The molecule has 4 rings (SSSR count). The number of nitrogens with zero attached hydrogens (tertiary/aromatic N) is 3. The van der Waals surface area contributed by atoms with Crippen LogP contribution in [-0.4, -0.2) is 57.8 Å². The number of hydrogen-bond donors (Lipinski definition) is 0. The van der Waals surface area contributed by atoms with E-state index in [0.717, 1.165) is 31.3 Å². The summed E-state index contributed by atoms with van der Waals surface area (Å²) in [4.78, 5) is 7.76. The molecule has 0 radical (unpaired) electrons. The van der Waals surface area contributed by atoms with Crippen LogP contribution in [0.1, 0.15) is 19.3 Å². The third-order valence-electron chi connectivity index (χ3n) is 6.17. The molecule has 4 nitrogen and oxygen atoms in total. The Morgan fingerprint density at radius 1 is 0.821 bits per heavy atom. The van der Waals surface area contributed by atoms with E-state index < -0.39 is 0 Å².